The molecule has 2 aromatic carbocycles. The Bertz CT molecular complexity index is 1230. The van der Waals surface area contributed by atoms with E-state index in [-0.39, 0.29) is 18.5 Å². The van der Waals surface area contributed by atoms with Crippen LogP contribution in [0.5, 0.6) is 28.7 Å². The summed E-state index contributed by atoms with van der Waals surface area (Å²) in [7, 11) is 13.3. The Morgan fingerprint density at radius 3 is 2.39 bits per heavy atom. The lowest BCUT2D eigenvalue weighted by Gasteiger charge is -2.37. The number of ether oxygens (including phenoxy) is 5. The maximum absolute atomic E-state index is 13.5. The van der Waals surface area contributed by atoms with Crippen molar-refractivity contribution in [3.63, 3.8) is 0 Å². The number of carbonyl (C=O) groups excluding carboxylic acids is 1. The molecular weight excluding hydrogens is 543 g/mol. The standard InChI is InChI=1S/C23H22O6.C5H11NS3/c1-11(2)16-8-14-15(28-16)6-5-12-22(24)21-13-7-18(25-3)19(26-4)9-17(13)27-10-20(21)29-23(12)14;1-6(2)5-3-7-9-8-4-5/h5-7,9,16,20-21H,1,8,10H2,2-4H3;5H,3-4H2,1-2H3/t16-,20-,21+;/m1./s1. The fourth-order valence-electron chi connectivity index (χ4n) is 4.93. The first kappa shape index (κ1) is 27.4. The Kier molecular flexibility index (Phi) is 8.33. The average Bonchev–Trinajstić information content (AvgIpc) is 3.38. The molecule has 0 bridgehead atoms. The van der Waals surface area contributed by atoms with E-state index in [4.69, 9.17) is 23.7 Å². The first-order valence-electron chi connectivity index (χ1n) is 12.5. The zero-order valence-corrected chi connectivity index (χ0v) is 24.7. The summed E-state index contributed by atoms with van der Waals surface area (Å²) < 4.78 is 29.0. The molecule has 0 N–H and O–H groups in total. The van der Waals surface area contributed by atoms with Crippen LogP contribution in [0.1, 0.15) is 34.3 Å². The number of Topliss-reactive ketones (excluding diaryl/α,β-unsaturated/α-hetero) is 1. The van der Waals surface area contributed by atoms with Crippen molar-refractivity contribution < 1.29 is 28.5 Å². The highest BCUT2D eigenvalue weighted by Gasteiger charge is 2.45. The maximum atomic E-state index is 13.5. The number of rotatable bonds is 4. The first-order valence-corrected chi connectivity index (χ1v) is 16.3. The summed E-state index contributed by atoms with van der Waals surface area (Å²) in [5, 5.41) is 0. The lowest BCUT2D eigenvalue weighted by molar-refractivity contribution is 0.0554. The molecule has 4 aliphatic rings. The SMILES string of the molecule is C=C(C)[C@H]1Cc2c(ccc3c2O[C@@H]2COc4cc(OC)c(OC)cc4[C@@H]2C3=O)O1.CN(C)C1CSSSC1. The van der Waals surface area contributed by atoms with E-state index >= 15 is 0 Å². The zero-order chi connectivity index (χ0) is 27.0. The van der Waals surface area contributed by atoms with Crippen molar-refractivity contribution in [3.05, 3.63) is 53.1 Å². The van der Waals surface area contributed by atoms with Gasteiger partial charge in [-0.2, -0.15) is 0 Å². The number of hydrogen-bond acceptors (Lipinski definition) is 10. The third-order valence-corrected chi connectivity index (χ3v) is 11.6. The summed E-state index contributed by atoms with van der Waals surface area (Å²) in [5.41, 5.74) is 3.22. The predicted molar refractivity (Wildman–Crippen MR) is 156 cm³/mol. The van der Waals surface area contributed by atoms with Crippen LogP contribution >= 0.6 is 31.4 Å². The van der Waals surface area contributed by atoms with Gasteiger partial charge in [0.1, 0.15) is 36.1 Å². The van der Waals surface area contributed by atoms with Crippen molar-refractivity contribution in [2.45, 2.75) is 37.5 Å². The van der Waals surface area contributed by atoms with Gasteiger partial charge in [-0.1, -0.05) is 28.2 Å². The van der Waals surface area contributed by atoms with Crippen molar-refractivity contribution in [1.82, 2.24) is 4.90 Å². The molecule has 0 radical (unpaired) electrons. The number of hydrogen-bond donors (Lipinski definition) is 0. The fourth-order valence-corrected chi connectivity index (χ4v) is 9.50. The molecule has 204 valence electrons. The second-order valence-electron chi connectivity index (χ2n) is 9.88. The van der Waals surface area contributed by atoms with Gasteiger partial charge in [0.25, 0.3) is 0 Å². The topological polar surface area (TPSA) is 66.5 Å². The van der Waals surface area contributed by atoms with Crippen LogP contribution in [0.3, 0.4) is 0 Å². The molecule has 0 spiro atoms. The van der Waals surface area contributed by atoms with E-state index in [1.165, 1.54) is 11.5 Å². The highest BCUT2D eigenvalue weighted by Crippen LogP contribution is 2.50. The van der Waals surface area contributed by atoms with Gasteiger partial charge in [0.05, 0.1) is 25.7 Å². The summed E-state index contributed by atoms with van der Waals surface area (Å²) in [4.78, 5) is 15.8. The van der Waals surface area contributed by atoms with Gasteiger partial charge in [-0.3, -0.25) is 4.79 Å². The average molecular weight is 576 g/mol. The fraction of sp³-hybridized carbons (Fsp3) is 0.464. The smallest absolute Gasteiger partial charge is 0.178 e. The molecule has 0 unspecified atom stereocenters. The second-order valence-corrected chi connectivity index (χ2v) is 14.2. The van der Waals surface area contributed by atoms with Crippen molar-refractivity contribution in [2.75, 3.05) is 46.4 Å². The van der Waals surface area contributed by atoms with Gasteiger partial charge in [-0.05, 0) is 54.6 Å². The molecule has 38 heavy (non-hydrogen) atoms. The molecule has 0 aliphatic carbocycles. The van der Waals surface area contributed by atoms with E-state index in [2.05, 4.69) is 25.6 Å². The third kappa shape index (κ3) is 5.20. The summed E-state index contributed by atoms with van der Waals surface area (Å²) in [6.07, 6.45) is 0.157. The Morgan fingerprint density at radius 2 is 1.76 bits per heavy atom. The first-order chi connectivity index (χ1) is 18.3. The van der Waals surface area contributed by atoms with E-state index < -0.39 is 12.0 Å². The van der Waals surface area contributed by atoms with Crippen LogP contribution in [0.2, 0.25) is 0 Å². The van der Waals surface area contributed by atoms with Crippen molar-refractivity contribution in [1.29, 1.82) is 0 Å². The van der Waals surface area contributed by atoms with E-state index in [9.17, 15) is 4.79 Å². The Balaban J connectivity index is 0.000000278. The van der Waals surface area contributed by atoms with E-state index in [1.807, 2.05) is 50.5 Å². The Labute approximate surface area is 235 Å². The molecule has 1 fully saturated rings. The molecule has 4 aliphatic heterocycles. The largest absolute Gasteiger partial charge is 0.493 e. The number of nitrogens with zero attached hydrogens (tertiary/aromatic N) is 1. The third-order valence-electron chi connectivity index (χ3n) is 7.22. The van der Waals surface area contributed by atoms with Crippen LogP contribution in [-0.4, -0.2) is 75.4 Å². The van der Waals surface area contributed by atoms with Crippen molar-refractivity contribution >= 4 is 37.2 Å². The van der Waals surface area contributed by atoms with E-state index in [0.29, 0.717) is 35.0 Å². The van der Waals surface area contributed by atoms with Crippen LogP contribution in [0.4, 0.5) is 0 Å². The lowest BCUT2D eigenvalue weighted by atomic mass is 9.81. The van der Waals surface area contributed by atoms with Crippen molar-refractivity contribution in [3.8, 4) is 28.7 Å². The maximum Gasteiger partial charge on any atom is 0.178 e. The zero-order valence-electron chi connectivity index (χ0n) is 22.3. The Morgan fingerprint density at radius 1 is 1.05 bits per heavy atom. The van der Waals surface area contributed by atoms with Gasteiger partial charge in [0, 0.05) is 41.2 Å². The quantitative estimate of drug-likeness (QED) is 0.337. The molecular formula is C28H33NO6S3. The molecule has 7 nitrogen and oxygen atoms in total. The molecule has 6 rings (SSSR count). The van der Waals surface area contributed by atoms with Crippen LogP contribution in [0.25, 0.3) is 0 Å². The Hall–Kier alpha value is -2.14. The number of methoxy groups -OCH3 is 2. The predicted octanol–water partition coefficient (Wildman–Crippen LogP) is 5.66. The number of benzene rings is 2. The van der Waals surface area contributed by atoms with Crippen molar-refractivity contribution in [2.24, 2.45) is 0 Å². The summed E-state index contributed by atoms with van der Waals surface area (Å²) in [6, 6.07) is 8.02. The number of fused-ring (bicyclic) bond motifs is 6. The summed E-state index contributed by atoms with van der Waals surface area (Å²) in [6.45, 7) is 6.22. The van der Waals surface area contributed by atoms with Crippen LogP contribution in [0.15, 0.2) is 36.4 Å². The molecule has 2 aromatic rings. The number of ketones is 1. The minimum absolute atomic E-state index is 0.0228. The lowest BCUT2D eigenvalue weighted by Crippen LogP contribution is -2.43. The van der Waals surface area contributed by atoms with Crippen LogP contribution in [-0.2, 0) is 6.42 Å². The minimum Gasteiger partial charge on any atom is -0.493 e. The minimum atomic E-state index is -0.455. The van der Waals surface area contributed by atoms with E-state index in [0.717, 1.165) is 28.5 Å². The molecule has 0 aromatic heterocycles. The van der Waals surface area contributed by atoms with Gasteiger partial charge in [-0.25, -0.2) is 0 Å². The summed E-state index contributed by atoms with van der Waals surface area (Å²) >= 11 is 0. The van der Waals surface area contributed by atoms with Gasteiger partial charge in [-0.15, -0.1) is 0 Å². The molecule has 1 saturated heterocycles. The van der Waals surface area contributed by atoms with Gasteiger partial charge in [0.2, 0.25) is 0 Å². The normalized spacial score (nSPS) is 23.3. The van der Waals surface area contributed by atoms with Gasteiger partial charge in [0.15, 0.2) is 17.3 Å². The van der Waals surface area contributed by atoms with E-state index in [1.54, 1.807) is 26.4 Å². The highest BCUT2D eigenvalue weighted by atomic mass is 33.5. The monoisotopic (exact) mass is 575 g/mol. The molecule has 0 amide bonds. The van der Waals surface area contributed by atoms with Gasteiger partial charge >= 0.3 is 0 Å². The number of carbonyl (C=O) groups is 1. The highest BCUT2D eigenvalue weighted by molar-refractivity contribution is 9.09. The summed E-state index contributed by atoms with van der Waals surface area (Å²) in [5.74, 6) is 5.25. The second kappa shape index (κ2) is 11.5. The van der Waals surface area contributed by atoms with Crippen LogP contribution < -0.4 is 23.7 Å². The molecule has 0 saturated carbocycles. The molecule has 4 heterocycles. The van der Waals surface area contributed by atoms with Crippen LogP contribution in [0, 0.1) is 0 Å². The molecule has 10 heteroatoms. The molecule has 3 atom stereocenters. The van der Waals surface area contributed by atoms with Gasteiger partial charge < -0.3 is 28.6 Å².